The van der Waals surface area contributed by atoms with Crippen molar-refractivity contribution < 1.29 is 17.6 Å². The maximum atomic E-state index is 13.7. The molecule has 0 spiro atoms. The number of amides is 1. The van der Waals surface area contributed by atoms with Crippen molar-refractivity contribution >= 4 is 39.1 Å². The van der Waals surface area contributed by atoms with E-state index in [1.54, 1.807) is 12.1 Å². The van der Waals surface area contributed by atoms with Crippen molar-refractivity contribution in [2.24, 2.45) is 5.14 Å². The standard InChI is InChI=1S/C14H11Cl2FN2O3S/c15-9-2-1-8(12(16)5-9)7-19-14(20)11-6-10(23(18,21)22)3-4-13(11)17/h1-6H,7H2,(H,19,20)(H2,18,21,22). The van der Waals surface area contributed by atoms with Gasteiger partial charge in [0.05, 0.1) is 10.5 Å². The fourth-order valence-corrected chi connectivity index (χ4v) is 2.81. The number of primary sulfonamides is 1. The first-order chi connectivity index (χ1) is 10.7. The fourth-order valence-electron chi connectivity index (χ4n) is 1.79. The topological polar surface area (TPSA) is 89.3 Å². The van der Waals surface area contributed by atoms with Crippen LogP contribution in [0.2, 0.25) is 10.0 Å². The lowest BCUT2D eigenvalue weighted by molar-refractivity contribution is 0.0946. The molecule has 2 aromatic carbocycles. The maximum absolute atomic E-state index is 13.7. The Labute approximate surface area is 142 Å². The number of rotatable bonds is 4. The third-order valence-corrected chi connectivity index (χ3v) is 4.46. The molecule has 1 amide bonds. The molecule has 5 nitrogen and oxygen atoms in total. The van der Waals surface area contributed by atoms with Crippen LogP contribution in [0.15, 0.2) is 41.3 Å². The van der Waals surface area contributed by atoms with Crippen LogP contribution in [0.1, 0.15) is 15.9 Å². The lowest BCUT2D eigenvalue weighted by Gasteiger charge is -2.09. The van der Waals surface area contributed by atoms with Crippen LogP contribution >= 0.6 is 23.2 Å². The summed E-state index contributed by atoms with van der Waals surface area (Å²) in [5.41, 5.74) is 0.147. The molecule has 2 rings (SSSR count). The predicted octanol–water partition coefficient (Wildman–Crippen LogP) is 2.71. The van der Waals surface area contributed by atoms with Crippen molar-refractivity contribution in [3.05, 3.63) is 63.4 Å². The predicted molar refractivity (Wildman–Crippen MR) is 85.4 cm³/mol. The van der Waals surface area contributed by atoms with Gasteiger partial charge in [-0.3, -0.25) is 4.79 Å². The number of sulfonamides is 1. The number of nitrogens with one attached hydrogen (secondary N) is 1. The van der Waals surface area contributed by atoms with Gasteiger partial charge in [0.15, 0.2) is 0 Å². The fraction of sp³-hybridized carbons (Fsp3) is 0.0714. The Morgan fingerprint density at radius 3 is 2.48 bits per heavy atom. The first-order valence-electron chi connectivity index (χ1n) is 6.23. The van der Waals surface area contributed by atoms with Crippen molar-refractivity contribution in [3.8, 4) is 0 Å². The Bertz CT molecular complexity index is 872. The van der Waals surface area contributed by atoms with E-state index >= 15 is 0 Å². The molecule has 2 aromatic rings. The highest BCUT2D eigenvalue weighted by Gasteiger charge is 2.17. The molecule has 23 heavy (non-hydrogen) atoms. The molecule has 0 saturated heterocycles. The largest absolute Gasteiger partial charge is 0.348 e. The third-order valence-electron chi connectivity index (χ3n) is 2.97. The number of benzene rings is 2. The first kappa shape index (κ1) is 17.7. The van der Waals surface area contributed by atoms with Gasteiger partial charge >= 0.3 is 0 Å². The monoisotopic (exact) mass is 376 g/mol. The van der Waals surface area contributed by atoms with E-state index in [-0.39, 0.29) is 11.4 Å². The van der Waals surface area contributed by atoms with Gasteiger partial charge in [-0.05, 0) is 35.9 Å². The highest BCUT2D eigenvalue weighted by molar-refractivity contribution is 7.89. The lowest BCUT2D eigenvalue weighted by atomic mass is 10.2. The molecular formula is C14H11Cl2FN2O3S. The summed E-state index contributed by atoms with van der Waals surface area (Å²) in [7, 11) is -4.04. The zero-order valence-electron chi connectivity index (χ0n) is 11.5. The summed E-state index contributed by atoms with van der Waals surface area (Å²) in [6.07, 6.45) is 0. The van der Waals surface area contributed by atoms with Gasteiger partial charge in [-0.1, -0.05) is 29.3 Å². The van der Waals surface area contributed by atoms with Crippen LogP contribution in [-0.2, 0) is 16.6 Å². The van der Waals surface area contributed by atoms with Gasteiger partial charge in [0.25, 0.3) is 5.91 Å². The Balaban J connectivity index is 2.21. The molecule has 9 heteroatoms. The highest BCUT2D eigenvalue weighted by Crippen LogP contribution is 2.21. The normalized spacial score (nSPS) is 11.3. The van der Waals surface area contributed by atoms with E-state index in [1.807, 2.05) is 0 Å². The maximum Gasteiger partial charge on any atom is 0.254 e. The van der Waals surface area contributed by atoms with Crippen LogP contribution in [0.5, 0.6) is 0 Å². The van der Waals surface area contributed by atoms with Gasteiger partial charge in [0.1, 0.15) is 5.82 Å². The van der Waals surface area contributed by atoms with E-state index in [9.17, 15) is 17.6 Å². The van der Waals surface area contributed by atoms with E-state index in [0.29, 0.717) is 15.6 Å². The zero-order chi connectivity index (χ0) is 17.2. The third kappa shape index (κ3) is 4.42. The summed E-state index contributed by atoms with van der Waals surface area (Å²) < 4.78 is 36.3. The molecule has 122 valence electrons. The molecule has 0 fully saturated rings. The summed E-state index contributed by atoms with van der Waals surface area (Å²) in [5, 5.41) is 8.20. The molecule has 0 radical (unpaired) electrons. The summed E-state index contributed by atoms with van der Waals surface area (Å²) >= 11 is 11.7. The number of halogens is 3. The molecule has 0 unspecified atom stereocenters. The van der Waals surface area contributed by atoms with Gasteiger partial charge in [0.2, 0.25) is 10.0 Å². The summed E-state index contributed by atoms with van der Waals surface area (Å²) in [6.45, 7) is 0.0217. The van der Waals surface area contributed by atoms with E-state index in [2.05, 4.69) is 5.32 Å². The molecule has 0 aromatic heterocycles. The van der Waals surface area contributed by atoms with Crippen molar-refractivity contribution in [3.63, 3.8) is 0 Å². The molecule has 0 aliphatic rings. The summed E-state index contributed by atoms with van der Waals surface area (Å²) in [4.78, 5) is 11.7. The lowest BCUT2D eigenvalue weighted by Crippen LogP contribution is -2.24. The van der Waals surface area contributed by atoms with E-state index in [4.69, 9.17) is 28.3 Å². The Hall–Kier alpha value is -1.67. The first-order valence-corrected chi connectivity index (χ1v) is 8.53. The minimum Gasteiger partial charge on any atom is -0.348 e. The SMILES string of the molecule is NS(=O)(=O)c1ccc(F)c(C(=O)NCc2ccc(Cl)cc2Cl)c1. The minimum absolute atomic E-state index is 0.0217. The molecule has 0 saturated carbocycles. The van der Waals surface area contributed by atoms with Crippen molar-refractivity contribution in [2.75, 3.05) is 0 Å². The number of hydrogen-bond donors (Lipinski definition) is 2. The quantitative estimate of drug-likeness (QED) is 0.859. The molecule has 0 aliphatic heterocycles. The molecule has 0 atom stereocenters. The minimum atomic E-state index is -4.04. The summed E-state index contributed by atoms with van der Waals surface area (Å²) in [5.74, 6) is -1.66. The Morgan fingerprint density at radius 2 is 1.87 bits per heavy atom. The molecular weight excluding hydrogens is 366 g/mol. The van der Waals surface area contributed by atoms with Crippen molar-refractivity contribution in [1.29, 1.82) is 0 Å². The Kier molecular flexibility index (Phi) is 5.26. The van der Waals surface area contributed by atoms with Crippen LogP contribution in [0, 0.1) is 5.82 Å². The smallest absolute Gasteiger partial charge is 0.254 e. The van der Waals surface area contributed by atoms with Crippen molar-refractivity contribution in [2.45, 2.75) is 11.4 Å². The van der Waals surface area contributed by atoms with Crippen molar-refractivity contribution in [1.82, 2.24) is 5.32 Å². The molecule has 0 heterocycles. The molecule has 3 N–H and O–H groups in total. The van der Waals surface area contributed by atoms with Crippen LogP contribution in [-0.4, -0.2) is 14.3 Å². The zero-order valence-corrected chi connectivity index (χ0v) is 13.8. The second-order valence-electron chi connectivity index (χ2n) is 4.61. The number of carbonyl (C=O) groups is 1. The average molecular weight is 377 g/mol. The highest BCUT2D eigenvalue weighted by atomic mass is 35.5. The van der Waals surface area contributed by atoms with Gasteiger partial charge in [-0.25, -0.2) is 17.9 Å². The number of hydrogen-bond acceptors (Lipinski definition) is 3. The molecule has 0 aliphatic carbocycles. The van der Waals surface area contributed by atoms with Gasteiger partial charge in [-0.2, -0.15) is 0 Å². The van der Waals surface area contributed by atoms with Crippen LogP contribution in [0.25, 0.3) is 0 Å². The van der Waals surface area contributed by atoms with Crippen LogP contribution < -0.4 is 10.5 Å². The number of nitrogens with two attached hydrogens (primary N) is 1. The average Bonchev–Trinajstić information content (AvgIpc) is 2.45. The van der Waals surface area contributed by atoms with Crippen LogP contribution in [0.3, 0.4) is 0 Å². The van der Waals surface area contributed by atoms with E-state index in [0.717, 1.165) is 18.2 Å². The second kappa shape index (κ2) is 6.84. The second-order valence-corrected chi connectivity index (χ2v) is 7.01. The number of carbonyl (C=O) groups excluding carboxylic acids is 1. The van der Waals surface area contributed by atoms with E-state index in [1.165, 1.54) is 6.07 Å². The Morgan fingerprint density at radius 1 is 1.17 bits per heavy atom. The van der Waals surface area contributed by atoms with Gasteiger partial charge in [0, 0.05) is 16.6 Å². The summed E-state index contributed by atoms with van der Waals surface area (Å²) in [6, 6.07) is 7.44. The van der Waals surface area contributed by atoms with Gasteiger partial charge in [-0.15, -0.1) is 0 Å². The van der Waals surface area contributed by atoms with Crippen LogP contribution in [0.4, 0.5) is 4.39 Å². The molecule has 0 bridgehead atoms. The van der Waals surface area contributed by atoms with Gasteiger partial charge < -0.3 is 5.32 Å². The van der Waals surface area contributed by atoms with E-state index < -0.39 is 27.3 Å².